The minimum Gasteiger partial charge on any atom is -0.493 e. The molecule has 0 unspecified atom stereocenters. The molecule has 0 fully saturated rings. The number of carbonyl (C=O) groups excluding carboxylic acids is 1. The van der Waals surface area contributed by atoms with Gasteiger partial charge < -0.3 is 14.8 Å². The molecule has 0 aliphatic heterocycles. The second-order valence-corrected chi connectivity index (χ2v) is 5.43. The number of amides is 1. The van der Waals surface area contributed by atoms with E-state index < -0.39 is 35.0 Å². The monoisotopic (exact) mass is 409 g/mol. The third-order valence-electron chi connectivity index (χ3n) is 3.47. The quantitative estimate of drug-likeness (QED) is 0.644. The zero-order valence-electron chi connectivity index (χ0n) is 14.6. The molecule has 0 saturated heterocycles. The van der Waals surface area contributed by atoms with E-state index in [1.807, 2.05) is 0 Å². The van der Waals surface area contributed by atoms with Crippen LogP contribution in [0.1, 0.15) is 16.1 Å². The van der Waals surface area contributed by atoms with Crippen LogP contribution in [0.15, 0.2) is 42.7 Å². The number of hydrogen-bond acceptors (Lipinski definition) is 7. The molecule has 2 heterocycles. The summed E-state index contributed by atoms with van der Waals surface area (Å²) in [5.74, 6) is -2.27. The first-order valence-electron chi connectivity index (χ1n) is 7.82. The number of nitrogens with one attached hydrogen (secondary N) is 1. The molecule has 0 atom stereocenters. The third kappa shape index (κ3) is 4.72. The first-order chi connectivity index (χ1) is 13.8. The van der Waals surface area contributed by atoms with Crippen LogP contribution in [0.5, 0.6) is 17.4 Å². The molecule has 150 valence electrons. The molecule has 0 saturated carbocycles. The fourth-order valence-electron chi connectivity index (χ4n) is 2.15. The van der Waals surface area contributed by atoms with Gasteiger partial charge in [-0.25, -0.2) is 4.39 Å². The SMILES string of the molecule is COc1cc(F)ccc1Oc1nnc(C(F)(F)F)cc1C(=O)Nc1ccnnc1. The first kappa shape index (κ1) is 19.9. The number of hydrogen-bond donors (Lipinski definition) is 1. The van der Waals surface area contributed by atoms with Crippen LogP contribution >= 0.6 is 0 Å². The standard InChI is InChI=1S/C17H11F4N5O3/c1-28-13-6-9(18)2-3-12(13)29-16-11(7-14(25-26-16)17(19,20)21)15(27)24-10-4-5-22-23-8-10/h2-8H,1H3,(H,22,24,27). The van der Waals surface area contributed by atoms with Gasteiger partial charge in [0, 0.05) is 6.07 Å². The van der Waals surface area contributed by atoms with Crippen LogP contribution < -0.4 is 14.8 Å². The maximum absolute atomic E-state index is 13.3. The van der Waals surface area contributed by atoms with Crippen molar-refractivity contribution < 1.29 is 31.8 Å². The van der Waals surface area contributed by atoms with Crippen molar-refractivity contribution in [2.24, 2.45) is 0 Å². The molecular weight excluding hydrogens is 398 g/mol. The fourth-order valence-corrected chi connectivity index (χ4v) is 2.15. The predicted octanol–water partition coefficient (Wildman–Crippen LogP) is 3.48. The van der Waals surface area contributed by atoms with Gasteiger partial charge in [0.05, 0.1) is 25.2 Å². The van der Waals surface area contributed by atoms with Gasteiger partial charge in [-0.2, -0.15) is 23.4 Å². The van der Waals surface area contributed by atoms with Crippen LogP contribution in [0.4, 0.5) is 23.2 Å². The highest BCUT2D eigenvalue weighted by atomic mass is 19.4. The van der Waals surface area contributed by atoms with E-state index in [1.54, 1.807) is 0 Å². The molecule has 1 amide bonds. The lowest BCUT2D eigenvalue weighted by atomic mass is 10.2. The van der Waals surface area contributed by atoms with E-state index in [9.17, 15) is 22.4 Å². The zero-order valence-corrected chi connectivity index (χ0v) is 14.6. The smallest absolute Gasteiger partial charge is 0.435 e. The van der Waals surface area contributed by atoms with E-state index in [-0.39, 0.29) is 17.2 Å². The topological polar surface area (TPSA) is 99.1 Å². The Bertz CT molecular complexity index is 1030. The second-order valence-electron chi connectivity index (χ2n) is 5.43. The summed E-state index contributed by atoms with van der Waals surface area (Å²) in [5, 5.41) is 15.9. The summed E-state index contributed by atoms with van der Waals surface area (Å²) in [5.41, 5.74) is -1.77. The summed E-state index contributed by atoms with van der Waals surface area (Å²) in [4.78, 5) is 12.5. The van der Waals surface area contributed by atoms with Crippen LogP contribution in [-0.2, 0) is 6.18 Å². The summed E-state index contributed by atoms with van der Waals surface area (Å²) < 4.78 is 62.8. The number of methoxy groups -OCH3 is 1. The van der Waals surface area contributed by atoms with E-state index in [4.69, 9.17) is 9.47 Å². The maximum Gasteiger partial charge on any atom is 0.435 e. The van der Waals surface area contributed by atoms with Crippen LogP contribution in [0.2, 0.25) is 0 Å². The number of aromatic nitrogens is 4. The average Bonchev–Trinajstić information content (AvgIpc) is 2.69. The minimum atomic E-state index is -4.84. The van der Waals surface area contributed by atoms with Gasteiger partial charge in [0.25, 0.3) is 11.8 Å². The molecule has 1 N–H and O–H groups in total. The highest BCUT2D eigenvalue weighted by Crippen LogP contribution is 2.34. The number of anilines is 1. The Morgan fingerprint density at radius 1 is 1.07 bits per heavy atom. The number of halogens is 4. The lowest BCUT2D eigenvalue weighted by Gasteiger charge is -2.14. The van der Waals surface area contributed by atoms with Crippen LogP contribution in [0, 0.1) is 5.82 Å². The maximum atomic E-state index is 13.3. The van der Waals surface area contributed by atoms with Crippen molar-refractivity contribution in [3.8, 4) is 17.4 Å². The highest BCUT2D eigenvalue weighted by Gasteiger charge is 2.35. The molecule has 8 nitrogen and oxygen atoms in total. The molecule has 12 heteroatoms. The van der Waals surface area contributed by atoms with Crippen LogP contribution in [-0.4, -0.2) is 33.4 Å². The third-order valence-corrected chi connectivity index (χ3v) is 3.47. The van der Waals surface area contributed by atoms with Crippen molar-refractivity contribution in [2.75, 3.05) is 12.4 Å². The Hall–Kier alpha value is -3.83. The molecule has 0 aliphatic rings. The van der Waals surface area contributed by atoms with E-state index in [1.165, 1.54) is 31.6 Å². The Morgan fingerprint density at radius 2 is 1.86 bits per heavy atom. The summed E-state index contributed by atoms with van der Waals surface area (Å²) in [6, 6.07) is 5.07. The van der Waals surface area contributed by atoms with E-state index in [0.717, 1.165) is 12.1 Å². The minimum absolute atomic E-state index is 0.0589. The Morgan fingerprint density at radius 3 is 2.52 bits per heavy atom. The molecular formula is C17H11F4N5O3. The fraction of sp³-hybridized carbons (Fsp3) is 0.118. The number of ether oxygens (including phenoxy) is 2. The van der Waals surface area contributed by atoms with Crippen LogP contribution in [0.3, 0.4) is 0 Å². The normalized spacial score (nSPS) is 11.1. The predicted molar refractivity (Wildman–Crippen MR) is 90.0 cm³/mol. The van der Waals surface area contributed by atoms with Gasteiger partial charge in [-0.05, 0) is 24.3 Å². The Kier molecular flexibility index (Phi) is 5.52. The molecule has 0 bridgehead atoms. The van der Waals surface area contributed by atoms with E-state index in [0.29, 0.717) is 6.07 Å². The van der Waals surface area contributed by atoms with Crippen molar-refractivity contribution in [1.29, 1.82) is 0 Å². The first-order valence-corrected chi connectivity index (χ1v) is 7.82. The van der Waals surface area contributed by atoms with E-state index in [2.05, 4.69) is 25.7 Å². The molecule has 0 radical (unpaired) electrons. The summed E-state index contributed by atoms with van der Waals surface area (Å²) in [7, 11) is 1.24. The lowest BCUT2D eigenvalue weighted by Crippen LogP contribution is -2.18. The van der Waals surface area contributed by atoms with Gasteiger partial charge in [-0.3, -0.25) is 4.79 Å². The molecule has 29 heavy (non-hydrogen) atoms. The lowest BCUT2D eigenvalue weighted by molar-refractivity contribution is -0.141. The molecule has 3 aromatic rings. The number of carbonyl (C=O) groups is 1. The zero-order chi connectivity index (χ0) is 21.0. The molecule has 3 rings (SSSR count). The van der Waals surface area contributed by atoms with Crippen molar-refractivity contribution in [3.63, 3.8) is 0 Å². The van der Waals surface area contributed by atoms with Crippen molar-refractivity contribution in [1.82, 2.24) is 20.4 Å². The Labute approximate surface area is 160 Å². The van der Waals surface area contributed by atoms with Crippen LogP contribution in [0.25, 0.3) is 0 Å². The van der Waals surface area contributed by atoms with Crippen molar-refractivity contribution in [2.45, 2.75) is 6.18 Å². The van der Waals surface area contributed by atoms with Gasteiger partial charge in [0.2, 0.25) is 0 Å². The summed E-state index contributed by atoms with van der Waals surface area (Å²) in [6.07, 6.45) is -2.37. The van der Waals surface area contributed by atoms with Crippen molar-refractivity contribution >= 4 is 11.6 Å². The number of alkyl halides is 3. The molecule has 0 spiro atoms. The van der Waals surface area contributed by atoms with Gasteiger partial charge in [0.1, 0.15) is 11.4 Å². The highest BCUT2D eigenvalue weighted by molar-refractivity contribution is 6.05. The Balaban J connectivity index is 2.01. The van der Waals surface area contributed by atoms with Gasteiger partial charge in [0.15, 0.2) is 17.2 Å². The molecule has 0 aliphatic carbocycles. The second kappa shape index (κ2) is 8.04. The summed E-state index contributed by atoms with van der Waals surface area (Å²) in [6.45, 7) is 0. The molecule has 1 aromatic carbocycles. The molecule has 2 aromatic heterocycles. The number of benzene rings is 1. The van der Waals surface area contributed by atoms with Gasteiger partial charge >= 0.3 is 6.18 Å². The number of rotatable bonds is 5. The van der Waals surface area contributed by atoms with Crippen molar-refractivity contribution in [3.05, 3.63) is 59.8 Å². The largest absolute Gasteiger partial charge is 0.493 e. The average molecular weight is 409 g/mol. The summed E-state index contributed by atoms with van der Waals surface area (Å²) >= 11 is 0. The van der Waals surface area contributed by atoms with Gasteiger partial charge in [-0.15, -0.1) is 10.2 Å². The number of nitrogens with zero attached hydrogens (tertiary/aromatic N) is 4. The van der Waals surface area contributed by atoms with Gasteiger partial charge in [-0.1, -0.05) is 0 Å². The van der Waals surface area contributed by atoms with E-state index >= 15 is 0 Å².